The summed E-state index contributed by atoms with van der Waals surface area (Å²) in [6, 6.07) is 5.41. The van der Waals surface area contributed by atoms with Crippen molar-refractivity contribution in [1.82, 2.24) is 4.90 Å². The van der Waals surface area contributed by atoms with Crippen LogP contribution in [0.15, 0.2) is 18.2 Å². The number of carbonyl (C=O) groups is 1. The van der Waals surface area contributed by atoms with Crippen LogP contribution in [0.2, 0.25) is 5.02 Å². The van der Waals surface area contributed by atoms with Crippen molar-refractivity contribution in [3.63, 3.8) is 0 Å². The molecule has 2 rings (SSSR count). The van der Waals surface area contributed by atoms with Gasteiger partial charge < -0.3 is 10.6 Å². The quantitative estimate of drug-likeness (QED) is 0.680. The Kier molecular flexibility index (Phi) is 5.30. The molecule has 3 nitrogen and oxygen atoms in total. The van der Waals surface area contributed by atoms with Crippen LogP contribution in [-0.4, -0.2) is 17.9 Å². The number of nitrogens with zero attached hydrogens (tertiary/aromatic N) is 1. The predicted molar refractivity (Wildman–Crippen MR) is 83.5 cm³/mol. The fourth-order valence-electron chi connectivity index (χ4n) is 2.89. The molecule has 0 atom stereocenters. The molecule has 110 valence electrons. The Labute approximate surface area is 126 Å². The normalized spacial score (nSPS) is 16.7. The summed E-state index contributed by atoms with van der Waals surface area (Å²) in [5, 5.41) is 0.666. The zero-order valence-corrected chi connectivity index (χ0v) is 12.8. The molecular formula is C16H23ClN2O. The number of nitrogens with two attached hydrogens (primary N) is 1. The van der Waals surface area contributed by atoms with E-state index in [1.165, 1.54) is 25.7 Å². The maximum Gasteiger partial charge on any atom is 0.225 e. The summed E-state index contributed by atoms with van der Waals surface area (Å²) in [6.07, 6.45) is 6.90. The third-order valence-corrected chi connectivity index (χ3v) is 4.43. The van der Waals surface area contributed by atoms with E-state index in [4.69, 9.17) is 17.3 Å². The van der Waals surface area contributed by atoms with E-state index in [2.05, 4.69) is 0 Å². The highest BCUT2D eigenvalue weighted by Crippen LogP contribution is 2.26. The number of hydrogen-bond donors (Lipinski definition) is 1. The third kappa shape index (κ3) is 3.89. The number of amides is 1. The third-order valence-electron chi connectivity index (χ3n) is 4.06. The fourth-order valence-corrected chi connectivity index (χ4v) is 3.06. The van der Waals surface area contributed by atoms with Gasteiger partial charge >= 0.3 is 0 Å². The van der Waals surface area contributed by atoms with Gasteiger partial charge in [-0.05, 0) is 36.6 Å². The maximum absolute atomic E-state index is 12.5. The Bertz CT molecular complexity index is 468. The Morgan fingerprint density at radius 1 is 1.30 bits per heavy atom. The number of rotatable bonds is 3. The van der Waals surface area contributed by atoms with Crippen molar-refractivity contribution in [1.29, 1.82) is 0 Å². The van der Waals surface area contributed by atoms with Crippen LogP contribution in [0, 0.1) is 5.92 Å². The van der Waals surface area contributed by atoms with E-state index in [1.54, 1.807) is 17.0 Å². The molecule has 1 aliphatic carbocycles. The lowest BCUT2D eigenvalue weighted by Gasteiger charge is -2.23. The zero-order valence-electron chi connectivity index (χ0n) is 12.1. The highest BCUT2D eigenvalue weighted by atomic mass is 35.5. The smallest absolute Gasteiger partial charge is 0.225 e. The van der Waals surface area contributed by atoms with Gasteiger partial charge in [-0.1, -0.05) is 37.3 Å². The average Bonchev–Trinajstić information content (AvgIpc) is 2.71. The molecule has 2 N–H and O–H groups in total. The lowest BCUT2D eigenvalue weighted by molar-refractivity contribution is -0.135. The van der Waals surface area contributed by atoms with Gasteiger partial charge in [0, 0.05) is 30.2 Å². The Balaban J connectivity index is 2.01. The largest absolute Gasteiger partial charge is 0.399 e. The van der Waals surface area contributed by atoms with Crippen LogP contribution >= 0.6 is 11.6 Å². The van der Waals surface area contributed by atoms with Gasteiger partial charge in [0.1, 0.15) is 0 Å². The van der Waals surface area contributed by atoms with Gasteiger partial charge in [-0.2, -0.15) is 0 Å². The molecule has 0 unspecified atom stereocenters. The standard InChI is InChI=1S/C16H23ClN2O/c1-19(11-13-10-14(18)8-9-15(13)17)16(20)12-6-4-2-3-5-7-12/h8-10,12H,2-7,11,18H2,1H3. The molecule has 1 aromatic carbocycles. The molecule has 0 spiro atoms. The first-order valence-electron chi connectivity index (χ1n) is 7.37. The van der Waals surface area contributed by atoms with E-state index in [9.17, 15) is 4.79 Å². The van der Waals surface area contributed by atoms with Crippen LogP contribution in [0.5, 0.6) is 0 Å². The van der Waals surface area contributed by atoms with E-state index in [0.717, 1.165) is 18.4 Å². The Morgan fingerprint density at radius 3 is 2.60 bits per heavy atom. The van der Waals surface area contributed by atoms with Gasteiger partial charge in [0.25, 0.3) is 0 Å². The highest BCUT2D eigenvalue weighted by Gasteiger charge is 2.23. The first-order valence-corrected chi connectivity index (χ1v) is 7.74. The Morgan fingerprint density at radius 2 is 1.95 bits per heavy atom. The molecule has 1 saturated carbocycles. The van der Waals surface area contributed by atoms with Crippen molar-refractivity contribution in [3.8, 4) is 0 Å². The highest BCUT2D eigenvalue weighted by molar-refractivity contribution is 6.31. The molecule has 1 amide bonds. The maximum atomic E-state index is 12.5. The fraction of sp³-hybridized carbons (Fsp3) is 0.562. The lowest BCUT2D eigenvalue weighted by atomic mass is 9.98. The van der Waals surface area contributed by atoms with Crippen molar-refractivity contribution in [3.05, 3.63) is 28.8 Å². The van der Waals surface area contributed by atoms with Crippen molar-refractivity contribution in [2.24, 2.45) is 5.92 Å². The van der Waals surface area contributed by atoms with Crippen LogP contribution < -0.4 is 5.73 Å². The summed E-state index contributed by atoms with van der Waals surface area (Å²) < 4.78 is 0. The number of hydrogen-bond acceptors (Lipinski definition) is 2. The SMILES string of the molecule is CN(Cc1cc(N)ccc1Cl)C(=O)C1CCCCCC1. The summed E-state index contributed by atoms with van der Waals surface area (Å²) in [6.45, 7) is 0.527. The van der Waals surface area contributed by atoms with Crippen LogP contribution in [0.1, 0.15) is 44.1 Å². The van der Waals surface area contributed by atoms with Crippen LogP contribution in [0.4, 0.5) is 5.69 Å². The molecule has 0 heterocycles. The molecule has 0 bridgehead atoms. The number of carbonyl (C=O) groups excluding carboxylic acids is 1. The van der Waals surface area contributed by atoms with Crippen molar-refractivity contribution >= 4 is 23.2 Å². The lowest BCUT2D eigenvalue weighted by Crippen LogP contribution is -2.32. The van der Waals surface area contributed by atoms with Crippen molar-refractivity contribution < 1.29 is 4.79 Å². The molecule has 0 aromatic heterocycles. The molecule has 1 aromatic rings. The minimum Gasteiger partial charge on any atom is -0.399 e. The van der Waals surface area contributed by atoms with Crippen molar-refractivity contribution in [2.75, 3.05) is 12.8 Å². The summed E-state index contributed by atoms with van der Waals surface area (Å²) >= 11 is 6.16. The molecule has 0 aliphatic heterocycles. The van der Waals surface area contributed by atoms with E-state index in [-0.39, 0.29) is 11.8 Å². The molecule has 4 heteroatoms. The number of nitrogen functional groups attached to an aromatic ring is 1. The summed E-state index contributed by atoms with van der Waals surface area (Å²) in [4.78, 5) is 14.3. The average molecular weight is 295 g/mol. The van der Waals surface area contributed by atoms with Gasteiger partial charge in [0.05, 0.1) is 0 Å². The van der Waals surface area contributed by atoms with Crippen LogP contribution in [0.25, 0.3) is 0 Å². The van der Waals surface area contributed by atoms with Crippen LogP contribution in [-0.2, 0) is 11.3 Å². The summed E-state index contributed by atoms with van der Waals surface area (Å²) in [7, 11) is 1.85. The van der Waals surface area contributed by atoms with E-state index in [1.807, 2.05) is 13.1 Å². The van der Waals surface area contributed by atoms with Gasteiger partial charge in [0.15, 0.2) is 0 Å². The summed E-state index contributed by atoms with van der Waals surface area (Å²) in [5.41, 5.74) is 7.37. The van der Waals surface area contributed by atoms with Crippen molar-refractivity contribution in [2.45, 2.75) is 45.1 Å². The van der Waals surface area contributed by atoms with Crippen LogP contribution in [0.3, 0.4) is 0 Å². The van der Waals surface area contributed by atoms with Gasteiger partial charge in [-0.3, -0.25) is 4.79 Å². The number of benzene rings is 1. The summed E-state index contributed by atoms with van der Waals surface area (Å²) in [5.74, 6) is 0.424. The zero-order chi connectivity index (χ0) is 14.5. The first kappa shape index (κ1) is 15.2. The Hall–Kier alpha value is -1.22. The monoisotopic (exact) mass is 294 g/mol. The molecule has 0 saturated heterocycles. The molecule has 1 aliphatic rings. The molecule has 0 radical (unpaired) electrons. The van der Waals surface area contributed by atoms with E-state index < -0.39 is 0 Å². The second-order valence-electron chi connectivity index (χ2n) is 5.73. The second kappa shape index (κ2) is 6.98. The topological polar surface area (TPSA) is 46.3 Å². The predicted octanol–water partition coefficient (Wildman–Crippen LogP) is 3.85. The molecule has 1 fully saturated rings. The molecular weight excluding hydrogens is 272 g/mol. The molecule has 20 heavy (non-hydrogen) atoms. The second-order valence-corrected chi connectivity index (χ2v) is 6.14. The van der Waals surface area contributed by atoms with E-state index >= 15 is 0 Å². The number of halogens is 1. The van der Waals surface area contributed by atoms with Gasteiger partial charge in [0.2, 0.25) is 5.91 Å². The van der Waals surface area contributed by atoms with Gasteiger partial charge in [-0.25, -0.2) is 0 Å². The minimum absolute atomic E-state index is 0.183. The minimum atomic E-state index is 0.183. The van der Waals surface area contributed by atoms with E-state index in [0.29, 0.717) is 17.3 Å². The van der Waals surface area contributed by atoms with Gasteiger partial charge in [-0.15, -0.1) is 0 Å². The number of anilines is 1. The first-order chi connectivity index (χ1) is 9.58.